The predicted molar refractivity (Wildman–Crippen MR) is 89.8 cm³/mol. The first-order valence-electron chi connectivity index (χ1n) is 8.35. The molecule has 128 valence electrons. The molecular formula is C17H23N5O2. The van der Waals surface area contributed by atoms with Crippen LogP contribution in [0.15, 0.2) is 23.2 Å². The zero-order chi connectivity index (χ0) is 16.9. The highest BCUT2D eigenvalue weighted by Crippen LogP contribution is 2.22. The Bertz CT molecular complexity index is 683. The van der Waals surface area contributed by atoms with E-state index in [0.717, 1.165) is 50.3 Å². The van der Waals surface area contributed by atoms with Crippen LogP contribution in [0.25, 0.3) is 0 Å². The van der Waals surface area contributed by atoms with E-state index < -0.39 is 0 Å². The fourth-order valence-electron chi connectivity index (χ4n) is 3.11. The summed E-state index contributed by atoms with van der Waals surface area (Å²) in [6, 6.07) is 0. The van der Waals surface area contributed by atoms with E-state index in [1.165, 1.54) is 6.39 Å². The van der Waals surface area contributed by atoms with Crippen molar-refractivity contribution >= 4 is 11.7 Å². The van der Waals surface area contributed by atoms with Gasteiger partial charge < -0.3 is 14.6 Å². The Morgan fingerprint density at radius 2 is 2.17 bits per heavy atom. The maximum atomic E-state index is 12.5. The molecule has 1 saturated heterocycles. The van der Waals surface area contributed by atoms with Crippen LogP contribution in [-0.4, -0.2) is 45.9 Å². The lowest BCUT2D eigenvalue weighted by Gasteiger charge is -2.19. The molecule has 1 aliphatic heterocycles. The van der Waals surface area contributed by atoms with E-state index in [2.05, 4.69) is 20.3 Å². The standard InChI is InChI=1S/C17H23N5O2/c1-12-16(24-11-21-12)17(23)22-6-3-4-13(5-7-22)8-14-9-20-15(18-2)10-19-14/h9-11,13H,3-8H2,1-2H3,(H,18,20)/t13-/m1/s1. The minimum atomic E-state index is -0.0520. The lowest BCUT2D eigenvalue weighted by Crippen LogP contribution is -2.32. The molecule has 0 unspecified atom stereocenters. The highest BCUT2D eigenvalue weighted by Gasteiger charge is 2.25. The first-order chi connectivity index (χ1) is 11.7. The normalized spacial score (nSPS) is 18.2. The van der Waals surface area contributed by atoms with Gasteiger partial charge in [-0.3, -0.25) is 9.78 Å². The molecule has 1 amide bonds. The van der Waals surface area contributed by atoms with Crippen LogP contribution in [0.2, 0.25) is 0 Å². The minimum absolute atomic E-state index is 0.0520. The molecule has 0 radical (unpaired) electrons. The smallest absolute Gasteiger partial charge is 0.291 e. The summed E-state index contributed by atoms with van der Waals surface area (Å²) in [6.07, 6.45) is 8.87. The lowest BCUT2D eigenvalue weighted by atomic mass is 9.95. The van der Waals surface area contributed by atoms with Crippen molar-refractivity contribution in [3.8, 4) is 0 Å². The van der Waals surface area contributed by atoms with Gasteiger partial charge in [0.2, 0.25) is 5.76 Å². The number of hydrogen-bond donors (Lipinski definition) is 1. The number of oxazole rings is 1. The number of aromatic nitrogens is 3. The summed E-state index contributed by atoms with van der Waals surface area (Å²) < 4.78 is 5.24. The van der Waals surface area contributed by atoms with E-state index in [1.807, 2.05) is 18.1 Å². The summed E-state index contributed by atoms with van der Waals surface area (Å²) in [6.45, 7) is 3.30. The second-order valence-electron chi connectivity index (χ2n) is 6.20. The molecule has 3 rings (SSSR count). The zero-order valence-electron chi connectivity index (χ0n) is 14.2. The van der Waals surface area contributed by atoms with Crippen molar-refractivity contribution in [2.24, 2.45) is 5.92 Å². The number of aryl methyl sites for hydroxylation is 1. The van der Waals surface area contributed by atoms with Gasteiger partial charge in [-0.25, -0.2) is 9.97 Å². The molecule has 24 heavy (non-hydrogen) atoms. The van der Waals surface area contributed by atoms with Crippen LogP contribution in [-0.2, 0) is 6.42 Å². The molecule has 0 bridgehead atoms. The van der Waals surface area contributed by atoms with Crippen LogP contribution in [0.4, 0.5) is 5.82 Å². The summed E-state index contributed by atoms with van der Waals surface area (Å²) in [5.41, 5.74) is 1.66. The molecule has 7 heteroatoms. The number of amides is 1. The maximum Gasteiger partial charge on any atom is 0.291 e. The Morgan fingerprint density at radius 3 is 2.83 bits per heavy atom. The van der Waals surface area contributed by atoms with Gasteiger partial charge in [-0.15, -0.1) is 0 Å². The van der Waals surface area contributed by atoms with E-state index in [0.29, 0.717) is 17.4 Å². The van der Waals surface area contributed by atoms with Crippen molar-refractivity contribution in [3.63, 3.8) is 0 Å². The highest BCUT2D eigenvalue weighted by atomic mass is 16.3. The summed E-state index contributed by atoms with van der Waals surface area (Å²) in [5.74, 6) is 1.61. The maximum absolute atomic E-state index is 12.5. The van der Waals surface area contributed by atoms with E-state index in [-0.39, 0.29) is 5.91 Å². The van der Waals surface area contributed by atoms with Gasteiger partial charge >= 0.3 is 0 Å². The molecule has 1 N–H and O–H groups in total. The third kappa shape index (κ3) is 3.72. The molecule has 0 aromatic carbocycles. The molecule has 2 aromatic heterocycles. The predicted octanol–water partition coefficient (Wildman–Crippen LogP) is 2.30. The Labute approximate surface area is 141 Å². The molecule has 7 nitrogen and oxygen atoms in total. The average molecular weight is 329 g/mol. The fourth-order valence-corrected chi connectivity index (χ4v) is 3.11. The number of anilines is 1. The summed E-state index contributed by atoms with van der Waals surface area (Å²) in [4.78, 5) is 27.2. The van der Waals surface area contributed by atoms with Crippen molar-refractivity contribution in [1.29, 1.82) is 0 Å². The Hall–Kier alpha value is -2.44. The highest BCUT2D eigenvalue weighted by molar-refractivity contribution is 5.92. The monoisotopic (exact) mass is 329 g/mol. The third-order valence-electron chi connectivity index (χ3n) is 4.53. The SMILES string of the molecule is CNc1cnc(C[C@@H]2CCCN(C(=O)c3ocnc3C)CC2)cn1. The molecule has 0 saturated carbocycles. The second kappa shape index (κ2) is 7.42. The van der Waals surface area contributed by atoms with Crippen LogP contribution in [0.1, 0.15) is 41.2 Å². The van der Waals surface area contributed by atoms with E-state index in [1.54, 1.807) is 13.1 Å². The van der Waals surface area contributed by atoms with Crippen LogP contribution in [0.5, 0.6) is 0 Å². The van der Waals surface area contributed by atoms with Gasteiger partial charge in [0, 0.05) is 20.1 Å². The zero-order valence-corrected chi connectivity index (χ0v) is 14.2. The first-order valence-corrected chi connectivity index (χ1v) is 8.35. The minimum Gasteiger partial charge on any atom is -0.438 e. The molecule has 1 fully saturated rings. The molecule has 2 aromatic rings. The molecule has 1 atom stereocenters. The number of nitrogens with one attached hydrogen (secondary N) is 1. The van der Waals surface area contributed by atoms with Gasteiger partial charge in [0.1, 0.15) is 5.82 Å². The lowest BCUT2D eigenvalue weighted by molar-refractivity contribution is 0.0727. The Balaban J connectivity index is 1.58. The van der Waals surface area contributed by atoms with Gasteiger partial charge in [0.15, 0.2) is 6.39 Å². The van der Waals surface area contributed by atoms with Crippen molar-refractivity contribution in [2.75, 3.05) is 25.5 Å². The number of likely N-dealkylation sites (tertiary alicyclic amines) is 1. The number of carbonyl (C=O) groups is 1. The van der Waals surface area contributed by atoms with Gasteiger partial charge in [-0.05, 0) is 38.5 Å². The van der Waals surface area contributed by atoms with E-state index in [9.17, 15) is 4.79 Å². The van der Waals surface area contributed by atoms with Crippen LogP contribution in [0, 0.1) is 12.8 Å². The number of carbonyl (C=O) groups excluding carboxylic acids is 1. The van der Waals surface area contributed by atoms with E-state index >= 15 is 0 Å². The van der Waals surface area contributed by atoms with Crippen molar-refractivity contribution in [2.45, 2.75) is 32.6 Å². The molecular weight excluding hydrogens is 306 g/mol. The Morgan fingerprint density at radius 1 is 1.29 bits per heavy atom. The van der Waals surface area contributed by atoms with Crippen LogP contribution < -0.4 is 5.32 Å². The summed E-state index contributed by atoms with van der Waals surface area (Å²) in [5, 5.41) is 2.97. The van der Waals surface area contributed by atoms with Crippen LogP contribution >= 0.6 is 0 Å². The quantitative estimate of drug-likeness (QED) is 0.926. The number of hydrogen-bond acceptors (Lipinski definition) is 6. The molecule has 0 spiro atoms. The van der Waals surface area contributed by atoms with Crippen molar-refractivity contribution < 1.29 is 9.21 Å². The van der Waals surface area contributed by atoms with Gasteiger partial charge in [0.05, 0.1) is 23.8 Å². The topological polar surface area (TPSA) is 84.2 Å². The molecule has 3 heterocycles. The second-order valence-corrected chi connectivity index (χ2v) is 6.20. The largest absolute Gasteiger partial charge is 0.438 e. The summed E-state index contributed by atoms with van der Waals surface area (Å²) in [7, 11) is 1.83. The molecule has 1 aliphatic rings. The average Bonchev–Trinajstić information content (AvgIpc) is 2.89. The molecule has 0 aliphatic carbocycles. The first kappa shape index (κ1) is 16.4. The van der Waals surface area contributed by atoms with Crippen LogP contribution in [0.3, 0.4) is 0 Å². The van der Waals surface area contributed by atoms with Gasteiger partial charge in [0.25, 0.3) is 5.91 Å². The van der Waals surface area contributed by atoms with Crippen molar-refractivity contribution in [1.82, 2.24) is 19.9 Å². The third-order valence-corrected chi connectivity index (χ3v) is 4.53. The Kier molecular flexibility index (Phi) is 5.08. The number of rotatable bonds is 4. The summed E-state index contributed by atoms with van der Waals surface area (Å²) >= 11 is 0. The van der Waals surface area contributed by atoms with Gasteiger partial charge in [-0.1, -0.05) is 0 Å². The number of nitrogens with zero attached hydrogens (tertiary/aromatic N) is 4. The van der Waals surface area contributed by atoms with Gasteiger partial charge in [-0.2, -0.15) is 0 Å². The van der Waals surface area contributed by atoms with E-state index in [4.69, 9.17) is 4.42 Å². The fraction of sp³-hybridized carbons (Fsp3) is 0.529. The van der Waals surface area contributed by atoms with Crippen molar-refractivity contribution in [3.05, 3.63) is 35.9 Å².